The van der Waals surface area contributed by atoms with Gasteiger partial charge >= 0.3 is 16.1 Å². The summed E-state index contributed by atoms with van der Waals surface area (Å²) < 4.78 is 26.1. The normalized spacial score (nSPS) is 13.8. The fourth-order valence-electron chi connectivity index (χ4n) is 0.877. The highest BCUT2D eigenvalue weighted by Gasteiger charge is 2.19. The highest BCUT2D eigenvalue weighted by atomic mass is 32.2. The topological polar surface area (TPSA) is 110 Å². The molecule has 0 fully saturated rings. The molecule has 0 aliphatic rings. The predicted octanol–water partition coefficient (Wildman–Crippen LogP) is -0.500. The summed E-state index contributed by atoms with van der Waals surface area (Å²) >= 11 is 0. The van der Waals surface area contributed by atoms with Crippen LogP contribution in [0.2, 0.25) is 0 Å². The number of carbonyl (C=O) groups excluding carboxylic acids is 1. The fourth-order valence-corrected chi connectivity index (χ4v) is 1.74. The summed E-state index contributed by atoms with van der Waals surface area (Å²) in [6.45, 7) is 0.976. The van der Waals surface area contributed by atoms with Gasteiger partial charge in [0.25, 0.3) is 0 Å². The Balaban J connectivity index is 4.00. The zero-order valence-electron chi connectivity index (χ0n) is 9.40. The lowest BCUT2D eigenvalue weighted by Gasteiger charge is -2.07. The van der Waals surface area contributed by atoms with Crippen LogP contribution in [0.15, 0.2) is 12.2 Å². The van der Waals surface area contributed by atoms with Gasteiger partial charge in [-0.2, -0.15) is 8.42 Å². The summed E-state index contributed by atoms with van der Waals surface area (Å²) in [5.74, 6) is -1.57. The molecule has 0 bridgehead atoms. The SMILES string of the molecule is CC(=O)OOS(=O)(=O)CC(O)C/C=C/CCO. The highest BCUT2D eigenvalue weighted by Crippen LogP contribution is 2.03. The molecule has 8 heteroatoms. The first-order valence-corrected chi connectivity index (χ1v) is 6.48. The maximum absolute atomic E-state index is 11.1. The van der Waals surface area contributed by atoms with Gasteiger partial charge in [0.1, 0.15) is 5.75 Å². The number of rotatable bonds is 8. The Bertz CT molecular complexity index is 346. The molecule has 0 aromatic carbocycles. The number of aliphatic hydroxyl groups excluding tert-OH is 2. The third-order valence-corrected chi connectivity index (χ3v) is 2.59. The quantitative estimate of drug-likeness (QED) is 0.347. The van der Waals surface area contributed by atoms with Crippen LogP contribution >= 0.6 is 0 Å². The molecule has 100 valence electrons. The predicted molar refractivity (Wildman–Crippen MR) is 58.1 cm³/mol. The minimum absolute atomic E-state index is 0.0134. The maximum atomic E-state index is 11.1. The smallest absolute Gasteiger partial charge is 0.340 e. The van der Waals surface area contributed by atoms with Crippen LogP contribution in [0.25, 0.3) is 0 Å². The van der Waals surface area contributed by atoms with E-state index in [0.29, 0.717) is 6.42 Å². The van der Waals surface area contributed by atoms with Gasteiger partial charge in [0.2, 0.25) is 0 Å². The van der Waals surface area contributed by atoms with Crippen molar-refractivity contribution >= 4 is 16.1 Å². The maximum Gasteiger partial charge on any atom is 0.340 e. The molecule has 0 aliphatic heterocycles. The Morgan fingerprint density at radius 3 is 2.59 bits per heavy atom. The average molecular weight is 268 g/mol. The Morgan fingerprint density at radius 1 is 1.41 bits per heavy atom. The van der Waals surface area contributed by atoms with Crippen LogP contribution < -0.4 is 0 Å². The van der Waals surface area contributed by atoms with E-state index in [4.69, 9.17) is 5.11 Å². The third-order valence-electron chi connectivity index (χ3n) is 1.52. The Labute approximate surface area is 99.7 Å². The van der Waals surface area contributed by atoms with Gasteiger partial charge < -0.3 is 10.2 Å². The van der Waals surface area contributed by atoms with Gasteiger partial charge in [0, 0.05) is 13.5 Å². The van der Waals surface area contributed by atoms with Crippen LogP contribution in [0.4, 0.5) is 0 Å². The van der Waals surface area contributed by atoms with E-state index < -0.39 is 27.9 Å². The van der Waals surface area contributed by atoms with Gasteiger partial charge in [-0.15, -0.1) is 0 Å². The van der Waals surface area contributed by atoms with Gasteiger partial charge in [-0.1, -0.05) is 16.5 Å². The number of aliphatic hydroxyl groups is 2. The fraction of sp³-hybridized carbons (Fsp3) is 0.667. The van der Waals surface area contributed by atoms with Crippen LogP contribution in [-0.2, 0) is 24.1 Å². The Hall–Kier alpha value is -0.960. The standard InChI is InChI=1S/C9H16O7S/c1-8(11)15-16-17(13,14)7-9(12)5-3-2-4-6-10/h2-3,9-10,12H,4-7H2,1H3/b3-2+. The first kappa shape index (κ1) is 16.0. The minimum Gasteiger partial charge on any atom is -0.396 e. The van der Waals surface area contributed by atoms with Crippen LogP contribution in [0.5, 0.6) is 0 Å². The van der Waals surface area contributed by atoms with Gasteiger partial charge in [0.15, 0.2) is 0 Å². The number of carbonyl (C=O) groups is 1. The Morgan fingerprint density at radius 2 is 2.06 bits per heavy atom. The second-order valence-electron chi connectivity index (χ2n) is 3.24. The number of hydrogen-bond acceptors (Lipinski definition) is 7. The molecule has 17 heavy (non-hydrogen) atoms. The second kappa shape index (κ2) is 8.18. The number of hydrogen-bond donors (Lipinski definition) is 2. The third kappa shape index (κ3) is 9.94. The molecule has 0 heterocycles. The van der Waals surface area contributed by atoms with E-state index in [1.165, 1.54) is 0 Å². The molecule has 0 radical (unpaired) electrons. The summed E-state index contributed by atoms with van der Waals surface area (Å²) in [6.07, 6.45) is 2.53. The molecule has 0 aromatic heterocycles. The van der Waals surface area contributed by atoms with E-state index in [1.54, 1.807) is 12.2 Å². The first-order chi connectivity index (χ1) is 7.87. The van der Waals surface area contributed by atoms with E-state index in [-0.39, 0.29) is 13.0 Å². The molecule has 1 atom stereocenters. The van der Waals surface area contributed by atoms with E-state index in [1.807, 2.05) is 0 Å². The van der Waals surface area contributed by atoms with Crippen molar-refractivity contribution in [1.82, 2.24) is 0 Å². The first-order valence-electron chi connectivity index (χ1n) is 4.90. The molecular weight excluding hydrogens is 252 g/mol. The molecule has 0 spiro atoms. The lowest BCUT2D eigenvalue weighted by molar-refractivity contribution is -0.208. The minimum atomic E-state index is -4.09. The van der Waals surface area contributed by atoms with Gasteiger partial charge in [-0.25, -0.2) is 4.79 Å². The van der Waals surface area contributed by atoms with E-state index in [0.717, 1.165) is 6.92 Å². The van der Waals surface area contributed by atoms with Crippen molar-refractivity contribution in [3.8, 4) is 0 Å². The summed E-state index contributed by atoms with van der Waals surface area (Å²) in [4.78, 5) is 14.2. The van der Waals surface area contributed by atoms with Gasteiger partial charge in [0.05, 0.1) is 6.10 Å². The van der Waals surface area contributed by atoms with Crippen molar-refractivity contribution in [1.29, 1.82) is 0 Å². The molecule has 7 nitrogen and oxygen atoms in total. The molecule has 0 aliphatic carbocycles. The molecule has 2 N–H and O–H groups in total. The summed E-state index contributed by atoms with van der Waals surface area (Å²) in [5.41, 5.74) is 0. The molecule has 0 amide bonds. The van der Waals surface area contributed by atoms with E-state index in [2.05, 4.69) is 9.22 Å². The monoisotopic (exact) mass is 268 g/mol. The molecule has 1 unspecified atom stereocenters. The molecular formula is C9H16O7S. The van der Waals surface area contributed by atoms with E-state index >= 15 is 0 Å². The zero-order chi connectivity index (χ0) is 13.3. The van der Waals surface area contributed by atoms with Crippen molar-refractivity contribution in [2.75, 3.05) is 12.4 Å². The van der Waals surface area contributed by atoms with Crippen molar-refractivity contribution in [3.63, 3.8) is 0 Å². The second-order valence-corrected chi connectivity index (χ2v) is 4.83. The van der Waals surface area contributed by atoms with Crippen molar-refractivity contribution in [2.24, 2.45) is 0 Å². The van der Waals surface area contributed by atoms with Crippen molar-refractivity contribution < 1.29 is 32.6 Å². The van der Waals surface area contributed by atoms with Crippen LogP contribution in [0.3, 0.4) is 0 Å². The van der Waals surface area contributed by atoms with Crippen molar-refractivity contribution in [3.05, 3.63) is 12.2 Å². The summed E-state index contributed by atoms with van der Waals surface area (Å²) in [7, 11) is -4.09. The average Bonchev–Trinajstić information content (AvgIpc) is 2.21. The Kier molecular flexibility index (Phi) is 7.72. The van der Waals surface area contributed by atoms with Crippen LogP contribution in [0, 0.1) is 0 Å². The van der Waals surface area contributed by atoms with E-state index in [9.17, 15) is 18.3 Å². The molecule has 0 aromatic rings. The molecule has 0 rings (SSSR count). The highest BCUT2D eigenvalue weighted by molar-refractivity contribution is 7.86. The van der Waals surface area contributed by atoms with Crippen molar-refractivity contribution in [2.45, 2.75) is 25.9 Å². The van der Waals surface area contributed by atoms with Gasteiger partial charge in [-0.05, 0) is 12.8 Å². The zero-order valence-corrected chi connectivity index (χ0v) is 10.2. The molecule has 0 saturated carbocycles. The van der Waals surface area contributed by atoms with Gasteiger partial charge in [-0.3, -0.25) is 4.89 Å². The largest absolute Gasteiger partial charge is 0.396 e. The summed E-state index contributed by atoms with van der Waals surface area (Å²) in [6, 6.07) is 0. The van der Waals surface area contributed by atoms with Crippen LogP contribution in [-0.4, -0.2) is 43.1 Å². The van der Waals surface area contributed by atoms with Crippen LogP contribution in [0.1, 0.15) is 19.8 Å². The lowest BCUT2D eigenvalue weighted by Crippen LogP contribution is -2.23. The summed E-state index contributed by atoms with van der Waals surface area (Å²) in [5, 5.41) is 17.8. The molecule has 0 saturated heterocycles. The lowest BCUT2D eigenvalue weighted by atomic mass is 10.2.